The Morgan fingerprint density at radius 3 is 1.50 bits per heavy atom. The molecule has 6 heteroatoms. The van der Waals surface area contributed by atoms with Crippen LogP contribution < -0.4 is 0 Å². The van der Waals surface area contributed by atoms with Crippen molar-refractivity contribution >= 4 is 33.6 Å². The second kappa shape index (κ2) is 4.17. The molecular weight excluding hydrogens is 247 g/mol. The third-order valence-electron chi connectivity index (χ3n) is 0. The first-order valence-electron chi connectivity index (χ1n) is 0.720. The molecule has 0 heterocycles. The molecule has 0 saturated heterocycles. The minimum absolute atomic E-state index is 0. The van der Waals surface area contributed by atoms with Crippen molar-refractivity contribution in [2.45, 2.75) is 0 Å². The van der Waals surface area contributed by atoms with Crippen LogP contribution in [0.25, 0.3) is 0 Å². The average molecular weight is 249 g/mol. The van der Waals surface area contributed by atoms with Crippen LogP contribution in [-0.4, -0.2) is 42.5 Å². The van der Waals surface area contributed by atoms with Crippen molar-refractivity contribution in [1.29, 1.82) is 0 Å². The van der Waals surface area contributed by atoms with Gasteiger partial charge in [-0.2, -0.15) is 0 Å². The summed E-state index contributed by atoms with van der Waals surface area (Å²) in [5.74, 6) is 0. The Kier molecular flexibility index (Phi) is 7.72. The molecule has 0 amide bonds. The second-order valence-electron chi connectivity index (χ2n) is 0.475. The Labute approximate surface area is 81.5 Å². The van der Waals surface area contributed by atoms with Gasteiger partial charge in [-0.15, -0.1) is 0 Å². The van der Waals surface area contributed by atoms with Crippen LogP contribution in [0.4, 0.5) is 0 Å². The quantitative estimate of drug-likeness (QED) is 0.428. The third-order valence-corrected chi connectivity index (χ3v) is 0. The van der Waals surface area contributed by atoms with E-state index in [4.69, 9.17) is 4.55 Å². The molecule has 0 bridgehead atoms. The summed E-state index contributed by atoms with van der Waals surface area (Å²) < 4.78 is 22.5. The Morgan fingerprint density at radius 1 is 1.50 bits per heavy atom. The standard InChI is InChI=1S/Na.Nd.HO3S.H/c;;1-4(2)3;/h;;(H,1,2,3);. The van der Waals surface area contributed by atoms with E-state index in [0.717, 1.165) is 0 Å². The molecule has 3 nitrogen and oxygen atoms in total. The van der Waals surface area contributed by atoms with Gasteiger partial charge in [0.2, 0.25) is 0 Å². The van der Waals surface area contributed by atoms with E-state index >= 15 is 0 Å². The predicted octanol–water partition coefficient (Wildman–Crippen LogP) is -1.31. The zero-order chi connectivity index (χ0) is 4.50. The first-order chi connectivity index (χ1) is 2.00. The van der Waals surface area contributed by atoms with Crippen LogP contribution in [0.15, 0.2) is 0 Å². The molecule has 31 valence electrons. The fraction of sp³-hybridized carbons (Fsp3) is 0. The van der Waals surface area contributed by atoms with Gasteiger partial charge in [-0.3, -0.25) is 0 Å². The van der Waals surface area contributed by atoms with E-state index in [1.165, 1.54) is 0 Å². The van der Waals surface area contributed by atoms with Gasteiger partial charge in [0.25, 0.3) is 0 Å². The maximum absolute atomic E-state index is 9.25. The van der Waals surface area contributed by atoms with Crippen LogP contribution in [0.1, 0.15) is 0 Å². The summed E-state index contributed by atoms with van der Waals surface area (Å²) in [7, 11) is 0. The molecule has 0 atom stereocenters. The first-order valence-corrected chi connectivity index (χ1v) is 6.09. The van der Waals surface area contributed by atoms with Crippen molar-refractivity contribution in [3.63, 3.8) is 0 Å². The van der Waals surface area contributed by atoms with E-state index in [-0.39, 0.29) is 66.4 Å². The van der Waals surface area contributed by atoms with E-state index in [1.807, 2.05) is 0 Å². The SMILES string of the molecule is O=[S](=O)(O)[Nd].[NaH]. The zero-order valence-corrected chi connectivity index (χ0v) is 6.20. The summed E-state index contributed by atoms with van der Waals surface area (Å²) in [5.41, 5.74) is 0. The fourth-order valence-corrected chi connectivity index (χ4v) is 0. The van der Waals surface area contributed by atoms with Gasteiger partial charge in [-0.1, -0.05) is 0 Å². The Bertz CT molecular complexity index is 94.0. The monoisotopic (exact) mass is 247 g/mol. The van der Waals surface area contributed by atoms with Gasteiger partial charge in [-0.25, -0.2) is 0 Å². The summed E-state index contributed by atoms with van der Waals surface area (Å²) in [4.78, 5) is 0. The molecule has 0 aliphatic heterocycles. The van der Waals surface area contributed by atoms with Gasteiger partial charge in [0, 0.05) is 0 Å². The van der Waals surface area contributed by atoms with Gasteiger partial charge in [0.1, 0.15) is 0 Å². The number of rotatable bonds is 0. The number of hydrogen-bond acceptors (Lipinski definition) is 2. The molecule has 0 aliphatic rings. The van der Waals surface area contributed by atoms with E-state index in [2.05, 4.69) is 0 Å². The second-order valence-corrected chi connectivity index (χ2v) is 6.39. The van der Waals surface area contributed by atoms with Gasteiger partial charge >= 0.3 is 83.4 Å². The Balaban J connectivity index is 0. The van der Waals surface area contributed by atoms with Crippen molar-refractivity contribution in [2.75, 3.05) is 0 Å². The topological polar surface area (TPSA) is 54.4 Å². The normalized spacial score (nSPS) is 9.33. The van der Waals surface area contributed by atoms with Crippen LogP contribution in [0, 0.1) is 36.8 Å². The van der Waals surface area contributed by atoms with Crippen LogP contribution >= 0.6 is 0 Å². The van der Waals surface area contributed by atoms with Crippen LogP contribution in [0.3, 0.4) is 0 Å². The van der Waals surface area contributed by atoms with Crippen molar-refractivity contribution in [1.82, 2.24) is 0 Å². The van der Waals surface area contributed by atoms with E-state index in [0.29, 0.717) is 0 Å². The van der Waals surface area contributed by atoms with Gasteiger partial charge in [0.15, 0.2) is 0 Å². The molecule has 0 spiro atoms. The molecular formula is H2NaNdO3S. The minimum atomic E-state index is -3.53. The van der Waals surface area contributed by atoms with Crippen LogP contribution in [-0.2, 0) is 4.04 Å². The maximum atomic E-state index is 9.25. The molecule has 0 radical (unpaired) electrons. The van der Waals surface area contributed by atoms with Crippen LogP contribution in [0.2, 0.25) is 0 Å². The summed E-state index contributed by atoms with van der Waals surface area (Å²) in [6, 6.07) is 0. The van der Waals surface area contributed by atoms with Gasteiger partial charge < -0.3 is 0 Å². The summed E-state index contributed by atoms with van der Waals surface area (Å²) in [6.07, 6.45) is 0. The molecule has 6 heavy (non-hydrogen) atoms. The van der Waals surface area contributed by atoms with Crippen LogP contribution in [0.5, 0.6) is 0 Å². The number of hydrogen-bond donors (Lipinski definition) is 1. The predicted molar refractivity (Wildman–Crippen MR) is 18.7 cm³/mol. The molecule has 0 fully saturated rings. The van der Waals surface area contributed by atoms with E-state index in [1.54, 1.807) is 0 Å². The molecule has 0 aliphatic carbocycles. The van der Waals surface area contributed by atoms with Crippen molar-refractivity contribution in [3.05, 3.63) is 0 Å². The molecule has 0 aromatic rings. The Hall–Kier alpha value is 2.26. The summed E-state index contributed by atoms with van der Waals surface area (Å²) in [6.45, 7) is 0. The Morgan fingerprint density at radius 2 is 1.50 bits per heavy atom. The molecule has 0 aromatic heterocycles. The fourth-order valence-electron chi connectivity index (χ4n) is 0. The summed E-state index contributed by atoms with van der Waals surface area (Å²) in [5, 5.41) is 0. The molecule has 1 N–H and O–H groups in total. The molecule has 0 aromatic carbocycles. The zero-order valence-electron chi connectivity index (χ0n) is 2.17. The van der Waals surface area contributed by atoms with Crippen molar-refractivity contribution < 1.29 is 49.8 Å². The molecule has 0 rings (SSSR count). The summed E-state index contributed by atoms with van der Waals surface area (Å²) >= 11 is -0.164. The van der Waals surface area contributed by atoms with Crippen molar-refractivity contribution in [3.8, 4) is 0 Å². The van der Waals surface area contributed by atoms with Crippen molar-refractivity contribution in [2.24, 2.45) is 0 Å². The van der Waals surface area contributed by atoms with Gasteiger partial charge in [0.05, 0.1) is 0 Å². The molecule has 0 unspecified atom stereocenters. The van der Waals surface area contributed by atoms with Gasteiger partial charge in [-0.05, 0) is 0 Å². The average Bonchev–Trinajstić information content (AvgIpc) is 0.722. The first kappa shape index (κ1) is 11.1. The van der Waals surface area contributed by atoms with E-state index in [9.17, 15) is 8.42 Å². The third kappa shape index (κ3) is 33.9. The van der Waals surface area contributed by atoms with E-state index < -0.39 is 4.04 Å². The molecule has 0 saturated carbocycles.